The van der Waals surface area contributed by atoms with E-state index in [1.165, 1.54) is 4.90 Å². The van der Waals surface area contributed by atoms with Crippen LogP contribution in [0.1, 0.15) is 69.7 Å². The van der Waals surface area contributed by atoms with Gasteiger partial charge in [0.15, 0.2) is 17.5 Å². The van der Waals surface area contributed by atoms with E-state index in [0.717, 1.165) is 31.6 Å². The van der Waals surface area contributed by atoms with Crippen molar-refractivity contribution in [1.82, 2.24) is 19.9 Å². The van der Waals surface area contributed by atoms with Crippen LogP contribution in [0.5, 0.6) is 0 Å². The number of benzene rings is 1. The Labute approximate surface area is 205 Å². The molecule has 0 fully saturated rings. The zero-order valence-electron chi connectivity index (χ0n) is 21.0. The fraction of sp³-hybridized carbons (Fsp3) is 0.600. The zero-order chi connectivity index (χ0) is 25.5. The number of hydrogen-bond acceptors (Lipinski definition) is 6. The van der Waals surface area contributed by atoms with Gasteiger partial charge in [-0.2, -0.15) is 4.98 Å². The lowest BCUT2D eigenvalue weighted by molar-refractivity contribution is -0.132. The number of rotatable bonds is 5. The van der Waals surface area contributed by atoms with Gasteiger partial charge in [0, 0.05) is 50.9 Å². The molecule has 2 amide bonds. The third kappa shape index (κ3) is 7.06. The standard InChI is InChI=1S/C25H35F2N5O3/c1-5-23(33)32-13-7-11-30(4)10-6-12-31(16-18-14-19(26)20(27)15-21(18)32)24(34)9-8-22-28-25(17(2)3)29-35-22/h14-15,17H,5-13,16H2,1-4H3. The van der Waals surface area contributed by atoms with Crippen LogP contribution in [0.4, 0.5) is 14.5 Å². The molecule has 1 aromatic heterocycles. The number of anilines is 1. The third-order valence-corrected chi connectivity index (χ3v) is 6.17. The van der Waals surface area contributed by atoms with Crippen LogP contribution in [-0.4, -0.2) is 65.0 Å². The molecule has 0 spiro atoms. The maximum absolute atomic E-state index is 14.3. The number of aryl methyl sites for hydroxylation is 1. The van der Waals surface area contributed by atoms with Gasteiger partial charge in [0.1, 0.15) is 0 Å². The molecule has 8 nitrogen and oxygen atoms in total. The van der Waals surface area contributed by atoms with E-state index < -0.39 is 11.6 Å². The lowest BCUT2D eigenvalue weighted by Crippen LogP contribution is -2.38. The average Bonchev–Trinajstić information content (AvgIpc) is 3.30. The predicted molar refractivity (Wildman–Crippen MR) is 128 cm³/mol. The number of nitrogens with zero attached hydrogens (tertiary/aromatic N) is 5. The highest BCUT2D eigenvalue weighted by atomic mass is 19.2. The van der Waals surface area contributed by atoms with Gasteiger partial charge in [-0.1, -0.05) is 25.9 Å². The van der Waals surface area contributed by atoms with Gasteiger partial charge < -0.3 is 19.2 Å². The van der Waals surface area contributed by atoms with Crippen molar-refractivity contribution in [3.8, 4) is 0 Å². The monoisotopic (exact) mass is 491 g/mol. The van der Waals surface area contributed by atoms with Crippen LogP contribution in [0.15, 0.2) is 16.7 Å². The summed E-state index contributed by atoms with van der Waals surface area (Å²) in [5, 5.41) is 3.93. The number of carbonyl (C=O) groups excluding carboxylic acids is 2. The van der Waals surface area contributed by atoms with Gasteiger partial charge in [-0.05, 0) is 44.6 Å². The van der Waals surface area contributed by atoms with E-state index in [4.69, 9.17) is 4.52 Å². The van der Waals surface area contributed by atoms with Crippen molar-refractivity contribution < 1.29 is 22.9 Å². The molecule has 192 valence electrons. The molecule has 1 aromatic carbocycles. The summed E-state index contributed by atoms with van der Waals surface area (Å²) in [6.07, 6.45) is 2.11. The summed E-state index contributed by atoms with van der Waals surface area (Å²) in [5.41, 5.74) is 0.725. The van der Waals surface area contributed by atoms with Crippen LogP contribution in [-0.2, 0) is 22.6 Å². The molecule has 0 unspecified atom stereocenters. The van der Waals surface area contributed by atoms with E-state index in [1.807, 2.05) is 20.9 Å². The maximum Gasteiger partial charge on any atom is 0.227 e. The summed E-state index contributed by atoms with van der Waals surface area (Å²) in [6.45, 7) is 8.08. The summed E-state index contributed by atoms with van der Waals surface area (Å²) in [4.78, 5) is 35.6. The molecule has 3 rings (SSSR count). The summed E-state index contributed by atoms with van der Waals surface area (Å²) in [6, 6.07) is 2.17. The van der Waals surface area contributed by atoms with Crippen molar-refractivity contribution in [3.63, 3.8) is 0 Å². The van der Waals surface area contributed by atoms with E-state index in [2.05, 4.69) is 15.0 Å². The van der Waals surface area contributed by atoms with E-state index in [1.54, 1.807) is 11.8 Å². The van der Waals surface area contributed by atoms with Crippen LogP contribution in [0.2, 0.25) is 0 Å². The van der Waals surface area contributed by atoms with Crippen molar-refractivity contribution in [3.05, 3.63) is 41.0 Å². The topological polar surface area (TPSA) is 82.8 Å². The van der Waals surface area contributed by atoms with Crippen LogP contribution < -0.4 is 4.90 Å². The van der Waals surface area contributed by atoms with Crippen molar-refractivity contribution in [2.24, 2.45) is 0 Å². The molecule has 0 radical (unpaired) electrons. The second-order valence-electron chi connectivity index (χ2n) is 9.32. The molecule has 35 heavy (non-hydrogen) atoms. The number of aromatic nitrogens is 2. The number of hydrogen-bond donors (Lipinski definition) is 0. The first kappa shape index (κ1) is 26.7. The SMILES string of the molecule is CCC(=O)N1CCCN(C)CCCN(C(=O)CCc2nc(C(C)C)no2)Cc2cc(F)c(F)cc21. The van der Waals surface area contributed by atoms with Gasteiger partial charge in [-0.15, -0.1) is 0 Å². The fourth-order valence-corrected chi connectivity index (χ4v) is 4.14. The van der Waals surface area contributed by atoms with Gasteiger partial charge in [0.2, 0.25) is 17.7 Å². The largest absolute Gasteiger partial charge is 0.339 e. The molecule has 10 heteroatoms. The molecule has 0 N–H and O–H groups in total. The molecule has 0 atom stereocenters. The molecule has 2 aromatic rings. The Hall–Kier alpha value is -2.88. The van der Waals surface area contributed by atoms with Gasteiger partial charge in [0.25, 0.3) is 0 Å². The van der Waals surface area contributed by atoms with Crippen LogP contribution in [0.25, 0.3) is 0 Å². The lowest BCUT2D eigenvalue weighted by Gasteiger charge is -2.31. The number of halogens is 2. The first-order valence-corrected chi connectivity index (χ1v) is 12.3. The third-order valence-electron chi connectivity index (χ3n) is 6.17. The minimum absolute atomic E-state index is 0.0731. The number of carbonyl (C=O) groups is 2. The second kappa shape index (κ2) is 12.2. The highest BCUT2D eigenvalue weighted by Crippen LogP contribution is 2.27. The van der Waals surface area contributed by atoms with Crippen molar-refractivity contribution >= 4 is 17.5 Å². The maximum atomic E-state index is 14.3. The summed E-state index contributed by atoms with van der Waals surface area (Å²) >= 11 is 0. The predicted octanol–water partition coefficient (Wildman–Crippen LogP) is 3.90. The van der Waals surface area contributed by atoms with E-state index >= 15 is 0 Å². The minimum atomic E-state index is -1.02. The molecule has 1 aliphatic heterocycles. The summed E-state index contributed by atoms with van der Waals surface area (Å²) < 4.78 is 33.8. The fourth-order valence-electron chi connectivity index (χ4n) is 4.14. The normalized spacial score (nSPS) is 16.1. The Morgan fingerprint density at radius 1 is 1.06 bits per heavy atom. The molecular weight excluding hydrogens is 456 g/mol. The lowest BCUT2D eigenvalue weighted by atomic mass is 10.1. The molecule has 0 saturated carbocycles. The molecule has 0 bridgehead atoms. The quantitative estimate of drug-likeness (QED) is 0.631. The first-order valence-electron chi connectivity index (χ1n) is 12.3. The molecular formula is C25H35F2N5O3. The van der Waals surface area contributed by atoms with E-state index in [-0.39, 0.29) is 37.1 Å². The number of fused-ring (bicyclic) bond motifs is 1. The van der Waals surface area contributed by atoms with E-state index in [9.17, 15) is 18.4 Å². The van der Waals surface area contributed by atoms with Gasteiger partial charge in [0.05, 0.1) is 5.69 Å². The smallest absolute Gasteiger partial charge is 0.227 e. The molecule has 0 saturated heterocycles. The van der Waals surface area contributed by atoms with Crippen molar-refractivity contribution in [1.29, 1.82) is 0 Å². The molecule has 1 aliphatic rings. The van der Waals surface area contributed by atoms with Gasteiger partial charge in [-0.25, -0.2) is 8.78 Å². The second-order valence-corrected chi connectivity index (χ2v) is 9.32. The van der Waals surface area contributed by atoms with Crippen molar-refractivity contribution in [2.45, 2.75) is 65.3 Å². The van der Waals surface area contributed by atoms with Crippen molar-refractivity contribution in [2.75, 3.05) is 38.1 Å². The van der Waals surface area contributed by atoms with Crippen LogP contribution in [0.3, 0.4) is 0 Å². The number of amides is 2. The molecule has 0 aliphatic carbocycles. The minimum Gasteiger partial charge on any atom is -0.339 e. The Bertz CT molecular complexity index is 1030. The zero-order valence-corrected chi connectivity index (χ0v) is 21.0. The Kier molecular flexibility index (Phi) is 9.31. The highest BCUT2D eigenvalue weighted by molar-refractivity contribution is 5.94. The Morgan fingerprint density at radius 2 is 1.74 bits per heavy atom. The first-order chi connectivity index (χ1) is 16.7. The Morgan fingerprint density at radius 3 is 2.40 bits per heavy atom. The average molecular weight is 492 g/mol. The Balaban J connectivity index is 1.88. The molecule has 2 heterocycles. The summed E-state index contributed by atoms with van der Waals surface area (Å²) in [7, 11) is 1.99. The highest BCUT2D eigenvalue weighted by Gasteiger charge is 2.24. The summed E-state index contributed by atoms with van der Waals surface area (Å²) in [5.74, 6) is -1.24. The van der Waals surface area contributed by atoms with Crippen LogP contribution in [0, 0.1) is 11.6 Å². The van der Waals surface area contributed by atoms with E-state index in [0.29, 0.717) is 48.9 Å². The van der Waals surface area contributed by atoms with Crippen LogP contribution >= 0.6 is 0 Å². The van der Waals surface area contributed by atoms with Gasteiger partial charge >= 0.3 is 0 Å². The van der Waals surface area contributed by atoms with Gasteiger partial charge in [-0.3, -0.25) is 9.59 Å².